The third kappa shape index (κ3) is 7.13. The molecule has 0 spiro atoms. The average molecular weight is 635 g/mol. The van der Waals surface area contributed by atoms with Gasteiger partial charge in [0.2, 0.25) is 0 Å². The van der Waals surface area contributed by atoms with Crippen molar-refractivity contribution >= 4 is 40.2 Å². The minimum Gasteiger partial charge on any atom is -0.490 e. The maximum Gasteiger partial charge on any atom is 0.343 e. The quantitative estimate of drug-likeness (QED) is 0.144. The van der Waals surface area contributed by atoms with E-state index in [9.17, 15) is 9.59 Å². The first-order valence-corrected chi connectivity index (χ1v) is 14.0. The van der Waals surface area contributed by atoms with Gasteiger partial charge in [-0.1, -0.05) is 44.5 Å². The van der Waals surface area contributed by atoms with Crippen LogP contribution in [0.2, 0.25) is 5.15 Å². The molecule has 196 valence electrons. The summed E-state index contributed by atoms with van der Waals surface area (Å²) in [6.45, 7) is 9.24. The summed E-state index contributed by atoms with van der Waals surface area (Å²) in [5.74, 6) is 0.643. The van der Waals surface area contributed by atoms with Gasteiger partial charge < -0.3 is 14.0 Å². The highest BCUT2D eigenvalue weighted by Gasteiger charge is 2.27. The van der Waals surface area contributed by atoms with Gasteiger partial charge in [0.1, 0.15) is 9.26 Å². The zero-order chi connectivity index (χ0) is 26.7. The maximum atomic E-state index is 12.3. The molecule has 2 aromatic heterocycles. The van der Waals surface area contributed by atoms with E-state index in [-0.39, 0.29) is 28.9 Å². The first-order chi connectivity index (χ1) is 17.6. The lowest BCUT2D eigenvalue weighted by Crippen LogP contribution is -2.19. The Morgan fingerprint density at radius 2 is 2.00 bits per heavy atom. The third-order valence-corrected chi connectivity index (χ3v) is 7.41. The molecule has 1 fully saturated rings. The lowest BCUT2D eigenvalue weighted by atomic mass is 9.78. The van der Waals surface area contributed by atoms with Gasteiger partial charge in [0, 0.05) is 30.1 Å². The fourth-order valence-corrected chi connectivity index (χ4v) is 5.34. The average Bonchev–Trinajstić information content (AvgIpc) is 3.67. The van der Waals surface area contributed by atoms with E-state index in [1.807, 2.05) is 18.2 Å². The van der Waals surface area contributed by atoms with Crippen molar-refractivity contribution < 1.29 is 14.3 Å². The van der Waals surface area contributed by atoms with Gasteiger partial charge in [-0.3, -0.25) is 4.79 Å². The smallest absolute Gasteiger partial charge is 0.343 e. The number of rotatable bonds is 9. The molecule has 0 aliphatic heterocycles. The second-order valence-corrected chi connectivity index (χ2v) is 12.1. The zero-order valence-corrected chi connectivity index (χ0v) is 24.5. The van der Waals surface area contributed by atoms with Crippen LogP contribution in [0.15, 0.2) is 53.6 Å². The first kappa shape index (κ1) is 27.6. The third-order valence-electron chi connectivity index (χ3n) is 6.27. The van der Waals surface area contributed by atoms with E-state index in [0.29, 0.717) is 23.4 Å². The Hall–Kier alpha value is -2.39. The van der Waals surface area contributed by atoms with Gasteiger partial charge in [-0.05, 0) is 89.4 Å². The highest BCUT2D eigenvalue weighted by Crippen LogP contribution is 2.41. The van der Waals surface area contributed by atoms with Crippen LogP contribution in [0, 0.1) is 15.0 Å². The van der Waals surface area contributed by atoms with Gasteiger partial charge >= 0.3 is 5.97 Å². The largest absolute Gasteiger partial charge is 0.490 e. The van der Waals surface area contributed by atoms with E-state index in [2.05, 4.69) is 60.5 Å². The first-order valence-electron chi connectivity index (χ1n) is 12.5. The van der Waals surface area contributed by atoms with Crippen LogP contribution in [-0.2, 0) is 4.74 Å². The Kier molecular flexibility index (Phi) is 8.63. The highest BCUT2D eigenvalue weighted by molar-refractivity contribution is 14.1. The fraction of sp³-hybridized carbons (Fsp3) is 0.414. The van der Waals surface area contributed by atoms with E-state index in [1.54, 1.807) is 17.7 Å². The Bertz CT molecular complexity index is 1340. The van der Waals surface area contributed by atoms with Crippen LogP contribution in [-0.4, -0.2) is 28.7 Å². The number of esters is 1. The van der Waals surface area contributed by atoms with Crippen molar-refractivity contribution in [2.45, 2.75) is 52.9 Å². The van der Waals surface area contributed by atoms with Crippen LogP contribution in [0.1, 0.15) is 74.4 Å². The van der Waals surface area contributed by atoms with Crippen LogP contribution in [0.25, 0.3) is 5.69 Å². The number of hydrogen-bond acceptors (Lipinski definition) is 5. The SMILES string of the molecule is CCOC(=O)c1cn(-c2cccc([C@@H](CC(C)(C)C)c3cc(OCC4CC4)c(Cl)nc3I)c2)ccc1=O. The van der Waals surface area contributed by atoms with Crippen molar-refractivity contribution in [1.29, 1.82) is 0 Å². The number of pyridine rings is 2. The predicted octanol–water partition coefficient (Wildman–Crippen LogP) is 7.02. The van der Waals surface area contributed by atoms with Gasteiger partial charge in [-0.25, -0.2) is 9.78 Å². The zero-order valence-electron chi connectivity index (χ0n) is 21.6. The van der Waals surface area contributed by atoms with Crippen LogP contribution >= 0.6 is 34.2 Å². The Morgan fingerprint density at radius 1 is 1.24 bits per heavy atom. The second-order valence-electron chi connectivity index (χ2n) is 10.7. The van der Waals surface area contributed by atoms with Crippen molar-refractivity contribution in [1.82, 2.24) is 9.55 Å². The maximum absolute atomic E-state index is 12.3. The molecular weight excluding hydrogens is 603 g/mol. The van der Waals surface area contributed by atoms with E-state index in [0.717, 1.165) is 26.9 Å². The van der Waals surface area contributed by atoms with Crippen molar-refractivity contribution in [2.75, 3.05) is 13.2 Å². The number of hydrogen-bond donors (Lipinski definition) is 0. The molecule has 0 N–H and O–H groups in total. The standard InChI is InChI=1S/C29H32ClIN2O4/c1-5-36-28(35)23-16-33(12-11-24(23)34)20-8-6-7-19(13-20)22(15-29(2,3)4)21-14-25(26(30)32-27(21)31)37-17-18-9-10-18/h6-8,11-14,16,18,22H,5,9-10,15,17H2,1-4H3/t22-/m1/s1. The molecule has 3 aromatic rings. The summed E-state index contributed by atoms with van der Waals surface area (Å²) in [5, 5.41) is 0.386. The number of halogens is 2. The molecule has 2 heterocycles. The summed E-state index contributed by atoms with van der Waals surface area (Å²) in [4.78, 5) is 29.2. The number of aromatic nitrogens is 2. The molecule has 8 heteroatoms. The molecule has 0 saturated heterocycles. The summed E-state index contributed by atoms with van der Waals surface area (Å²) >= 11 is 8.71. The van der Waals surface area contributed by atoms with E-state index < -0.39 is 5.97 Å². The van der Waals surface area contributed by atoms with Crippen molar-refractivity contribution in [3.05, 3.63) is 84.6 Å². The molecule has 1 atom stereocenters. The van der Waals surface area contributed by atoms with Crippen LogP contribution < -0.4 is 10.2 Å². The van der Waals surface area contributed by atoms with Crippen molar-refractivity contribution in [3.8, 4) is 11.4 Å². The van der Waals surface area contributed by atoms with E-state index in [1.165, 1.54) is 25.1 Å². The lowest BCUT2D eigenvalue weighted by Gasteiger charge is -2.28. The van der Waals surface area contributed by atoms with Gasteiger partial charge in [0.15, 0.2) is 16.3 Å². The van der Waals surface area contributed by atoms with Crippen LogP contribution in [0.3, 0.4) is 0 Å². The summed E-state index contributed by atoms with van der Waals surface area (Å²) in [7, 11) is 0. The summed E-state index contributed by atoms with van der Waals surface area (Å²) < 4.78 is 13.7. The monoisotopic (exact) mass is 634 g/mol. The normalized spacial score (nSPS) is 14.3. The predicted molar refractivity (Wildman–Crippen MR) is 154 cm³/mol. The van der Waals surface area contributed by atoms with Crippen LogP contribution in [0.5, 0.6) is 5.75 Å². The molecule has 1 saturated carbocycles. The second kappa shape index (κ2) is 11.6. The topological polar surface area (TPSA) is 70.4 Å². The lowest BCUT2D eigenvalue weighted by molar-refractivity contribution is 0.0524. The highest BCUT2D eigenvalue weighted by atomic mass is 127. The van der Waals surface area contributed by atoms with Crippen LogP contribution in [0.4, 0.5) is 0 Å². The molecule has 0 amide bonds. The number of carbonyl (C=O) groups is 1. The number of nitrogens with zero attached hydrogens (tertiary/aromatic N) is 2. The molecule has 0 unspecified atom stereocenters. The van der Waals surface area contributed by atoms with Gasteiger partial charge in [0.25, 0.3) is 0 Å². The molecular formula is C29H32ClIN2O4. The van der Waals surface area contributed by atoms with E-state index >= 15 is 0 Å². The fourth-order valence-electron chi connectivity index (χ4n) is 4.23. The summed E-state index contributed by atoms with van der Waals surface area (Å²) in [5.41, 5.74) is 2.68. The molecule has 1 aromatic carbocycles. The molecule has 1 aliphatic carbocycles. The minimum atomic E-state index is -0.621. The van der Waals surface area contributed by atoms with Crippen molar-refractivity contribution in [3.63, 3.8) is 0 Å². The Labute approximate surface area is 236 Å². The number of carbonyl (C=O) groups excluding carboxylic acids is 1. The van der Waals surface area contributed by atoms with Crippen molar-refractivity contribution in [2.24, 2.45) is 11.3 Å². The molecule has 37 heavy (non-hydrogen) atoms. The Balaban J connectivity index is 1.75. The van der Waals surface area contributed by atoms with Gasteiger partial charge in [-0.15, -0.1) is 0 Å². The minimum absolute atomic E-state index is 0.00916. The molecule has 0 bridgehead atoms. The Morgan fingerprint density at radius 3 is 2.68 bits per heavy atom. The van der Waals surface area contributed by atoms with Gasteiger partial charge in [-0.2, -0.15) is 0 Å². The molecule has 4 rings (SSSR count). The number of ether oxygens (including phenoxy) is 2. The summed E-state index contributed by atoms with van der Waals surface area (Å²) in [6, 6.07) is 11.6. The van der Waals surface area contributed by atoms with Gasteiger partial charge in [0.05, 0.1) is 13.2 Å². The molecule has 0 radical (unpaired) electrons. The van der Waals surface area contributed by atoms with E-state index in [4.69, 9.17) is 21.1 Å². The number of benzene rings is 1. The molecule has 1 aliphatic rings. The molecule has 6 nitrogen and oxygen atoms in total. The summed E-state index contributed by atoms with van der Waals surface area (Å²) in [6.07, 6.45) is 6.47.